The Kier molecular flexibility index (Phi) is 4.76. The van der Waals surface area contributed by atoms with Gasteiger partial charge in [-0.15, -0.1) is 10.2 Å². The van der Waals surface area contributed by atoms with E-state index in [-0.39, 0.29) is 11.9 Å². The standard InChI is InChI=1S/C17H17ClN4O3/c1-10(16-21-20-14-6-4-5-7-22(14)16)19-17(23)11-8-12(18)15(25-3)13(9-11)24-2/h4-10H,1-3H3,(H,19,23)/t10-/m0/s1. The van der Waals surface area contributed by atoms with E-state index in [4.69, 9.17) is 21.1 Å². The minimum Gasteiger partial charge on any atom is -0.493 e. The van der Waals surface area contributed by atoms with Crippen molar-refractivity contribution in [3.63, 3.8) is 0 Å². The van der Waals surface area contributed by atoms with Crippen LogP contribution in [0.5, 0.6) is 11.5 Å². The Morgan fingerprint density at radius 1 is 1.24 bits per heavy atom. The van der Waals surface area contributed by atoms with Crippen LogP contribution in [0.3, 0.4) is 0 Å². The number of methoxy groups -OCH3 is 2. The lowest BCUT2D eigenvalue weighted by Gasteiger charge is -2.15. The van der Waals surface area contributed by atoms with Crippen LogP contribution in [0, 0.1) is 0 Å². The van der Waals surface area contributed by atoms with Gasteiger partial charge in [0.15, 0.2) is 23.0 Å². The van der Waals surface area contributed by atoms with Crippen LogP contribution in [0.15, 0.2) is 36.5 Å². The predicted molar refractivity (Wildman–Crippen MR) is 93.4 cm³/mol. The number of hydrogen-bond acceptors (Lipinski definition) is 5. The molecule has 0 fully saturated rings. The molecule has 0 aliphatic rings. The van der Waals surface area contributed by atoms with Crippen molar-refractivity contribution in [1.82, 2.24) is 19.9 Å². The molecule has 25 heavy (non-hydrogen) atoms. The molecular weight excluding hydrogens is 344 g/mol. The molecule has 3 rings (SSSR count). The van der Waals surface area contributed by atoms with Crippen molar-refractivity contribution in [3.8, 4) is 11.5 Å². The van der Waals surface area contributed by atoms with E-state index in [0.717, 1.165) is 0 Å². The van der Waals surface area contributed by atoms with Gasteiger partial charge < -0.3 is 14.8 Å². The minimum absolute atomic E-state index is 0.299. The average molecular weight is 361 g/mol. The molecule has 0 bridgehead atoms. The summed E-state index contributed by atoms with van der Waals surface area (Å²) >= 11 is 6.16. The number of halogens is 1. The first-order chi connectivity index (χ1) is 12.0. The molecule has 7 nitrogen and oxygen atoms in total. The van der Waals surface area contributed by atoms with Crippen molar-refractivity contribution >= 4 is 23.2 Å². The summed E-state index contributed by atoms with van der Waals surface area (Å²) in [6, 6.07) is 8.36. The largest absolute Gasteiger partial charge is 0.493 e. The summed E-state index contributed by atoms with van der Waals surface area (Å²) in [6.45, 7) is 1.84. The second kappa shape index (κ2) is 6.98. The maximum Gasteiger partial charge on any atom is 0.252 e. The van der Waals surface area contributed by atoms with Crippen LogP contribution < -0.4 is 14.8 Å². The van der Waals surface area contributed by atoms with Gasteiger partial charge in [0, 0.05) is 11.8 Å². The summed E-state index contributed by atoms with van der Waals surface area (Å²) in [5.41, 5.74) is 1.08. The highest BCUT2D eigenvalue weighted by atomic mass is 35.5. The van der Waals surface area contributed by atoms with E-state index >= 15 is 0 Å². The highest BCUT2D eigenvalue weighted by Gasteiger charge is 2.19. The van der Waals surface area contributed by atoms with E-state index in [1.54, 1.807) is 6.07 Å². The molecule has 0 aliphatic heterocycles. The fraction of sp³-hybridized carbons (Fsp3) is 0.235. The molecule has 0 saturated heterocycles. The Balaban J connectivity index is 1.86. The number of nitrogens with one attached hydrogen (secondary N) is 1. The SMILES string of the molecule is COc1cc(C(=O)N[C@@H](C)c2nnc3ccccn23)cc(Cl)c1OC. The Bertz CT molecular complexity index is 925. The van der Waals surface area contributed by atoms with Gasteiger partial charge in [0.25, 0.3) is 5.91 Å². The number of pyridine rings is 1. The quantitative estimate of drug-likeness (QED) is 0.757. The van der Waals surface area contributed by atoms with E-state index < -0.39 is 0 Å². The van der Waals surface area contributed by atoms with E-state index in [2.05, 4.69) is 15.5 Å². The zero-order valence-electron chi connectivity index (χ0n) is 14.0. The van der Waals surface area contributed by atoms with Gasteiger partial charge in [0.2, 0.25) is 0 Å². The van der Waals surface area contributed by atoms with Crippen LogP contribution in [-0.4, -0.2) is 34.7 Å². The van der Waals surface area contributed by atoms with Gasteiger partial charge in [-0.2, -0.15) is 0 Å². The number of ether oxygens (including phenoxy) is 2. The number of fused-ring (bicyclic) bond motifs is 1. The van der Waals surface area contributed by atoms with Crippen molar-refractivity contribution in [2.45, 2.75) is 13.0 Å². The number of rotatable bonds is 5. The molecule has 2 heterocycles. The number of carbonyl (C=O) groups excluding carboxylic acids is 1. The first-order valence-electron chi connectivity index (χ1n) is 7.57. The molecule has 2 aromatic heterocycles. The smallest absolute Gasteiger partial charge is 0.252 e. The second-order valence-corrected chi connectivity index (χ2v) is 5.78. The molecule has 1 N–H and O–H groups in total. The molecule has 130 valence electrons. The number of nitrogens with zero attached hydrogens (tertiary/aromatic N) is 3. The molecule has 1 amide bonds. The number of benzene rings is 1. The summed E-state index contributed by atoms with van der Waals surface area (Å²) in [6.07, 6.45) is 1.85. The maximum absolute atomic E-state index is 12.6. The van der Waals surface area contributed by atoms with Crippen LogP contribution in [-0.2, 0) is 0 Å². The summed E-state index contributed by atoms with van der Waals surface area (Å²) in [4.78, 5) is 12.6. The van der Waals surface area contributed by atoms with Crippen molar-refractivity contribution in [1.29, 1.82) is 0 Å². The van der Waals surface area contributed by atoms with Gasteiger partial charge in [-0.25, -0.2) is 0 Å². The minimum atomic E-state index is -0.350. The third-order valence-electron chi connectivity index (χ3n) is 3.77. The molecule has 8 heteroatoms. The van der Waals surface area contributed by atoms with E-state index in [9.17, 15) is 4.79 Å². The highest BCUT2D eigenvalue weighted by Crippen LogP contribution is 2.36. The Morgan fingerprint density at radius 2 is 2.04 bits per heavy atom. The number of carbonyl (C=O) groups is 1. The van der Waals surface area contributed by atoms with Crippen LogP contribution in [0.4, 0.5) is 0 Å². The Morgan fingerprint density at radius 3 is 2.76 bits per heavy atom. The molecule has 0 saturated carbocycles. The van der Waals surface area contributed by atoms with E-state index in [0.29, 0.717) is 33.6 Å². The Hall–Kier alpha value is -2.80. The molecule has 0 aliphatic carbocycles. The van der Waals surface area contributed by atoms with Gasteiger partial charge in [-0.3, -0.25) is 9.20 Å². The fourth-order valence-corrected chi connectivity index (χ4v) is 2.84. The third-order valence-corrected chi connectivity index (χ3v) is 4.05. The van der Waals surface area contributed by atoms with Crippen molar-refractivity contribution in [3.05, 3.63) is 52.9 Å². The van der Waals surface area contributed by atoms with Gasteiger partial charge in [-0.1, -0.05) is 17.7 Å². The van der Waals surface area contributed by atoms with Gasteiger partial charge in [0.1, 0.15) is 0 Å². The maximum atomic E-state index is 12.6. The van der Waals surface area contributed by atoms with E-state index in [1.165, 1.54) is 20.3 Å². The highest BCUT2D eigenvalue weighted by molar-refractivity contribution is 6.32. The van der Waals surface area contributed by atoms with Crippen LogP contribution in [0.25, 0.3) is 5.65 Å². The lowest BCUT2D eigenvalue weighted by atomic mass is 10.1. The summed E-state index contributed by atoms with van der Waals surface area (Å²) in [7, 11) is 2.97. The summed E-state index contributed by atoms with van der Waals surface area (Å²) < 4.78 is 12.2. The summed E-state index contributed by atoms with van der Waals surface area (Å²) in [5.74, 6) is 1.11. The predicted octanol–water partition coefficient (Wildman–Crippen LogP) is 2.89. The van der Waals surface area contributed by atoms with Crippen molar-refractivity contribution in [2.24, 2.45) is 0 Å². The molecule has 3 aromatic rings. The third kappa shape index (κ3) is 3.23. The Labute approximate surface area is 149 Å². The zero-order valence-corrected chi connectivity index (χ0v) is 14.7. The normalized spacial score (nSPS) is 12.0. The lowest BCUT2D eigenvalue weighted by molar-refractivity contribution is 0.0937. The van der Waals surface area contributed by atoms with E-state index in [1.807, 2.05) is 35.7 Å². The number of aromatic nitrogens is 3. The van der Waals surface area contributed by atoms with Crippen molar-refractivity contribution in [2.75, 3.05) is 14.2 Å². The first-order valence-corrected chi connectivity index (χ1v) is 7.95. The monoisotopic (exact) mass is 360 g/mol. The van der Waals surface area contributed by atoms with Crippen LogP contribution >= 0.6 is 11.6 Å². The van der Waals surface area contributed by atoms with Crippen LogP contribution in [0.2, 0.25) is 5.02 Å². The zero-order chi connectivity index (χ0) is 18.0. The first kappa shape index (κ1) is 17.0. The summed E-state index contributed by atoms with van der Waals surface area (Å²) in [5, 5.41) is 11.4. The van der Waals surface area contributed by atoms with Crippen LogP contribution in [0.1, 0.15) is 29.1 Å². The van der Waals surface area contributed by atoms with Crippen molar-refractivity contribution < 1.29 is 14.3 Å². The topological polar surface area (TPSA) is 77.8 Å². The van der Waals surface area contributed by atoms with Gasteiger partial charge in [-0.05, 0) is 31.2 Å². The number of hydrogen-bond donors (Lipinski definition) is 1. The lowest BCUT2D eigenvalue weighted by Crippen LogP contribution is -2.28. The fourth-order valence-electron chi connectivity index (χ4n) is 2.55. The second-order valence-electron chi connectivity index (χ2n) is 5.38. The molecule has 0 unspecified atom stereocenters. The molecular formula is C17H17ClN4O3. The molecule has 1 aromatic carbocycles. The molecule has 0 radical (unpaired) electrons. The average Bonchev–Trinajstić information content (AvgIpc) is 3.05. The molecule has 1 atom stereocenters. The number of amides is 1. The van der Waals surface area contributed by atoms with Gasteiger partial charge >= 0.3 is 0 Å². The molecule has 0 spiro atoms. The van der Waals surface area contributed by atoms with Gasteiger partial charge in [0.05, 0.1) is 25.3 Å².